The van der Waals surface area contributed by atoms with Crippen LogP contribution in [0, 0.1) is 11.2 Å². The van der Waals surface area contributed by atoms with Crippen molar-refractivity contribution in [1.29, 1.82) is 0 Å². The van der Waals surface area contributed by atoms with Crippen molar-refractivity contribution in [2.45, 2.75) is 33.1 Å². The molecule has 0 unspecified atom stereocenters. The Kier molecular flexibility index (Phi) is 2.55. The van der Waals surface area contributed by atoms with E-state index in [1.54, 1.807) is 0 Å². The van der Waals surface area contributed by atoms with Crippen molar-refractivity contribution in [3.63, 3.8) is 0 Å². The molecule has 3 heteroatoms. The number of allylic oxidation sites excluding steroid dienone is 2. The highest BCUT2D eigenvalue weighted by atomic mass is 19.1. The normalized spacial score (nSPS) is 19.8. The van der Waals surface area contributed by atoms with Crippen molar-refractivity contribution in [3.8, 4) is 0 Å². The molecule has 1 heterocycles. The molecule has 2 nitrogen and oxygen atoms in total. The first-order valence-electron chi connectivity index (χ1n) is 5.24. The highest BCUT2D eigenvalue weighted by Crippen LogP contribution is 2.36. The topological polar surface area (TPSA) is 25.8 Å². The minimum Gasteiger partial charge on any atom is -0.234 e. The van der Waals surface area contributed by atoms with Gasteiger partial charge in [0, 0.05) is 0 Å². The summed E-state index contributed by atoms with van der Waals surface area (Å²) >= 11 is 0. The van der Waals surface area contributed by atoms with Gasteiger partial charge in [-0.3, -0.25) is 0 Å². The second-order valence-electron chi connectivity index (χ2n) is 4.82. The van der Waals surface area contributed by atoms with E-state index in [2.05, 4.69) is 29.9 Å². The van der Waals surface area contributed by atoms with Gasteiger partial charge in [0.25, 0.3) is 0 Å². The van der Waals surface area contributed by atoms with E-state index in [4.69, 9.17) is 0 Å². The average molecular weight is 206 g/mol. The molecule has 0 saturated carbocycles. The Morgan fingerprint density at radius 1 is 1.27 bits per heavy atom. The van der Waals surface area contributed by atoms with Gasteiger partial charge in [0.05, 0.1) is 12.4 Å². The van der Waals surface area contributed by atoms with Gasteiger partial charge in [-0.05, 0) is 30.3 Å². The number of nitrogens with zero attached hydrogens (tertiary/aromatic N) is 2. The Morgan fingerprint density at radius 3 is 2.47 bits per heavy atom. The van der Waals surface area contributed by atoms with Crippen molar-refractivity contribution in [3.05, 3.63) is 30.1 Å². The van der Waals surface area contributed by atoms with Crippen molar-refractivity contribution in [2.75, 3.05) is 0 Å². The largest absolute Gasteiger partial charge is 0.234 e. The Bertz CT molecular complexity index is 379. The summed E-state index contributed by atoms with van der Waals surface area (Å²) in [5.74, 6) is 0.294. The molecule has 0 spiro atoms. The van der Waals surface area contributed by atoms with E-state index in [-0.39, 0.29) is 5.82 Å². The Labute approximate surface area is 89.3 Å². The van der Waals surface area contributed by atoms with Crippen LogP contribution < -0.4 is 0 Å². The molecule has 1 aromatic rings. The maximum Gasteiger partial charge on any atom is 0.159 e. The smallest absolute Gasteiger partial charge is 0.159 e. The fraction of sp³-hybridized carbons (Fsp3) is 0.500. The Hall–Kier alpha value is -1.25. The summed E-state index contributed by atoms with van der Waals surface area (Å²) in [5, 5.41) is 0. The van der Waals surface area contributed by atoms with E-state index < -0.39 is 0 Å². The molecule has 1 aromatic heterocycles. The van der Waals surface area contributed by atoms with Gasteiger partial charge < -0.3 is 0 Å². The predicted molar refractivity (Wildman–Crippen MR) is 57.6 cm³/mol. The van der Waals surface area contributed by atoms with Crippen LogP contribution in [-0.2, 0) is 0 Å². The van der Waals surface area contributed by atoms with Crippen LogP contribution in [-0.4, -0.2) is 9.97 Å². The second kappa shape index (κ2) is 3.72. The molecular weight excluding hydrogens is 191 g/mol. The first kappa shape index (κ1) is 10.3. The van der Waals surface area contributed by atoms with E-state index in [1.807, 2.05) is 0 Å². The van der Waals surface area contributed by atoms with Gasteiger partial charge in [0.2, 0.25) is 0 Å². The average Bonchev–Trinajstić information content (AvgIpc) is 2.20. The maximum absolute atomic E-state index is 12.6. The third-order valence-electron chi connectivity index (χ3n) is 2.88. The molecule has 80 valence electrons. The van der Waals surface area contributed by atoms with E-state index in [0.29, 0.717) is 11.2 Å². The highest BCUT2D eigenvalue weighted by molar-refractivity contribution is 5.60. The number of aromatic nitrogens is 2. The molecule has 0 saturated heterocycles. The van der Waals surface area contributed by atoms with Crippen LogP contribution in [0.25, 0.3) is 5.57 Å². The summed E-state index contributed by atoms with van der Waals surface area (Å²) in [5.41, 5.74) is 1.53. The molecule has 0 N–H and O–H groups in total. The summed E-state index contributed by atoms with van der Waals surface area (Å²) < 4.78 is 12.6. The van der Waals surface area contributed by atoms with Gasteiger partial charge in [-0.15, -0.1) is 0 Å². The lowest BCUT2D eigenvalue weighted by Crippen LogP contribution is -2.14. The number of halogens is 1. The van der Waals surface area contributed by atoms with Crippen molar-refractivity contribution in [2.24, 2.45) is 5.41 Å². The van der Waals surface area contributed by atoms with E-state index in [0.717, 1.165) is 24.8 Å². The fourth-order valence-corrected chi connectivity index (χ4v) is 1.76. The van der Waals surface area contributed by atoms with Crippen LogP contribution in [0.1, 0.15) is 38.9 Å². The van der Waals surface area contributed by atoms with Crippen LogP contribution >= 0.6 is 0 Å². The zero-order valence-electron chi connectivity index (χ0n) is 9.13. The van der Waals surface area contributed by atoms with Crippen LogP contribution in [0.3, 0.4) is 0 Å². The zero-order chi connectivity index (χ0) is 10.9. The molecule has 0 aromatic carbocycles. The van der Waals surface area contributed by atoms with Crippen molar-refractivity contribution < 1.29 is 4.39 Å². The van der Waals surface area contributed by atoms with Crippen LogP contribution in [0.15, 0.2) is 18.5 Å². The molecular formula is C12H15FN2. The number of hydrogen-bond acceptors (Lipinski definition) is 2. The van der Waals surface area contributed by atoms with Crippen LogP contribution in [0.5, 0.6) is 0 Å². The SMILES string of the molecule is CC1(C)CC=C(c2ncc(F)cn2)CC1. The molecule has 0 atom stereocenters. The molecule has 2 rings (SSSR count). The molecule has 0 radical (unpaired) electrons. The minimum absolute atomic E-state index is 0.379. The lowest BCUT2D eigenvalue weighted by Gasteiger charge is -2.27. The molecule has 0 aliphatic heterocycles. The van der Waals surface area contributed by atoms with Gasteiger partial charge in [0.15, 0.2) is 11.6 Å². The molecule has 0 amide bonds. The van der Waals surface area contributed by atoms with E-state index in [1.165, 1.54) is 12.4 Å². The lowest BCUT2D eigenvalue weighted by atomic mass is 9.78. The molecule has 1 aliphatic carbocycles. The van der Waals surface area contributed by atoms with E-state index >= 15 is 0 Å². The first-order valence-corrected chi connectivity index (χ1v) is 5.24. The standard InChI is InChI=1S/C12H15FN2/c1-12(2)5-3-9(4-6-12)11-14-7-10(13)8-15-11/h3,7-8H,4-6H2,1-2H3. The summed E-state index contributed by atoms with van der Waals surface area (Å²) in [4.78, 5) is 7.99. The van der Waals surface area contributed by atoms with Crippen molar-refractivity contribution >= 4 is 5.57 Å². The van der Waals surface area contributed by atoms with E-state index in [9.17, 15) is 4.39 Å². The van der Waals surface area contributed by atoms with Gasteiger partial charge in [-0.1, -0.05) is 19.9 Å². The predicted octanol–water partition coefficient (Wildman–Crippen LogP) is 3.21. The van der Waals surface area contributed by atoms with Crippen molar-refractivity contribution in [1.82, 2.24) is 9.97 Å². The summed E-state index contributed by atoms with van der Waals surface area (Å²) in [7, 11) is 0. The number of hydrogen-bond donors (Lipinski definition) is 0. The molecule has 15 heavy (non-hydrogen) atoms. The molecule has 1 aliphatic rings. The van der Waals surface area contributed by atoms with Crippen LogP contribution in [0.2, 0.25) is 0 Å². The third-order valence-corrected chi connectivity index (χ3v) is 2.88. The highest BCUT2D eigenvalue weighted by Gasteiger charge is 2.22. The quantitative estimate of drug-likeness (QED) is 0.705. The first-order chi connectivity index (χ1) is 7.07. The van der Waals surface area contributed by atoms with Gasteiger partial charge in [-0.2, -0.15) is 0 Å². The lowest BCUT2D eigenvalue weighted by molar-refractivity contribution is 0.334. The fourth-order valence-electron chi connectivity index (χ4n) is 1.76. The van der Waals surface area contributed by atoms with Gasteiger partial charge >= 0.3 is 0 Å². The Balaban J connectivity index is 2.19. The summed E-state index contributed by atoms with van der Waals surface area (Å²) in [6, 6.07) is 0. The second-order valence-corrected chi connectivity index (χ2v) is 4.82. The number of rotatable bonds is 1. The van der Waals surface area contributed by atoms with Gasteiger partial charge in [0.1, 0.15) is 0 Å². The molecule has 0 bridgehead atoms. The summed E-state index contributed by atoms with van der Waals surface area (Å²) in [6.07, 6.45) is 7.80. The van der Waals surface area contributed by atoms with Gasteiger partial charge in [-0.25, -0.2) is 14.4 Å². The van der Waals surface area contributed by atoms with Crippen LogP contribution in [0.4, 0.5) is 4.39 Å². The maximum atomic E-state index is 12.6. The zero-order valence-corrected chi connectivity index (χ0v) is 9.13. The third kappa shape index (κ3) is 2.41. The monoisotopic (exact) mass is 206 g/mol. The minimum atomic E-state index is -0.379. The Morgan fingerprint density at radius 2 is 1.93 bits per heavy atom. The summed E-state index contributed by atoms with van der Waals surface area (Å²) in [6.45, 7) is 4.51. The molecule has 0 fully saturated rings.